The van der Waals surface area contributed by atoms with Crippen LogP contribution in [0.25, 0.3) is 0 Å². The molecule has 0 bridgehead atoms. The number of likely N-dealkylation sites (N-methyl/N-ethyl adjacent to an activating group) is 1. The van der Waals surface area contributed by atoms with Crippen molar-refractivity contribution in [2.45, 2.75) is 44.9 Å². The molecule has 1 heterocycles. The van der Waals surface area contributed by atoms with Crippen molar-refractivity contribution in [1.29, 1.82) is 0 Å². The molecular weight excluding hydrogens is 422 g/mol. The van der Waals surface area contributed by atoms with E-state index in [1.54, 1.807) is 6.08 Å². The predicted octanol–water partition coefficient (Wildman–Crippen LogP) is 4.88. The normalized spacial score (nSPS) is 16.0. The summed E-state index contributed by atoms with van der Waals surface area (Å²) in [5.41, 5.74) is 8.05. The van der Waals surface area contributed by atoms with E-state index < -0.39 is 0 Å². The average molecular weight is 466 g/mol. The highest BCUT2D eigenvalue weighted by molar-refractivity contribution is 5.78. The smallest absolute Gasteiger partial charge is 0.236 e. The van der Waals surface area contributed by atoms with Gasteiger partial charge in [0.25, 0.3) is 0 Å². The zero-order valence-corrected chi connectivity index (χ0v) is 21.1. The highest BCUT2D eigenvalue weighted by Gasteiger charge is 2.17. The minimum Gasteiger partial charge on any atom is -0.493 e. The van der Waals surface area contributed by atoms with Crippen molar-refractivity contribution in [3.05, 3.63) is 78.4 Å². The van der Waals surface area contributed by atoms with Gasteiger partial charge in [-0.05, 0) is 56.0 Å². The molecule has 186 valence electrons. The van der Waals surface area contributed by atoms with E-state index in [1.807, 2.05) is 17.9 Å². The van der Waals surface area contributed by atoms with Crippen LogP contribution in [0.15, 0.2) is 67.3 Å². The minimum absolute atomic E-state index is 0.0677. The van der Waals surface area contributed by atoms with E-state index in [0.717, 1.165) is 50.9 Å². The molecule has 2 aromatic rings. The summed E-state index contributed by atoms with van der Waals surface area (Å²) >= 11 is 0. The van der Waals surface area contributed by atoms with Crippen LogP contribution in [0.2, 0.25) is 0 Å². The molecule has 0 atom stereocenters. The Bertz CT molecular complexity index is 809. The Morgan fingerprint density at radius 3 is 2.18 bits per heavy atom. The number of ether oxygens (including phenoxy) is 1. The first-order chi connectivity index (χ1) is 16.6. The van der Waals surface area contributed by atoms with Gasteiger partial charge in [-0.15, -0.1) is 6.58 Å². The van der Waals surface area contributed by atoms with Crippen LogP contribution in [0.4, 0.5) is 0 Å². The monoisotopic (exact) mass is 465 g/mol. The SMILES string of the molecule is C=CC.CN1CCN(C(=O)CN)CC1.c1ccc(CCOc2ccc(C3CCCC3)cc2)cc1. The molecule has 1 amide bonds. The molecule has 1 aliphatic carbocycles. The summed E-state index contributed by atoms with van der Waals surface area (Å²) in [4.78, 5) is 15.1. The second-order valence-electron chi connectivity index (χ2n) is 8.93. The van der Waals surface area contributed by atoms with Crippen molar-refractivity contribution < 1.29 is 9.53 Å². The molecule has 0 unspecified atom stereocenters. The topological polar surface area (TPSA) is 58.8 Å². The second-order valence-corrected chi connectivity index (χ2v) is 8.93. The second kappa shape index (κ2) is 16.1. The van der Waals surface area contributed by atoms with Crippen LogP contribution in [0.3, 0.4) is 0 Å². The van der Waals surface area contributed by atoms with Gasteiger partial charge in [-0.3, -0.25) is 4.79 Å². The summed E-state index contributed by atoms with van der Waals surface area (Å²) in [6.07, 6.45) is 8.20. The first-order valence-electron chi connectivity index (χ1n) is 12.6. The van der Waals surface area contributed by atoms with Gasteiger partial charge in [0, 0.05) is 32.6 Å². The number of benzene rings is 2. The van der Waals surface area contributed by atoms with Gasteiger partial charge < -0.3 is 20.3 Å². The van der Waals surface area contributed by atoms with Crippen LogP contribution < -0.4 is 10.5 Å². The molecule has 0 radical (unpaired) electrons. The van der Waals surface area contributed by atoms with Gasteiger partial charge >= 0.3 is 0 Å². The molecule has 0 aromatic heterocycles. The number of nitrogens with zero attached hydrogens (tertiary/aromatic N) is 2. The molecule has 2 fully saturated rings. The van der Waals surface area contributed by atoms with E-state index in [-0.39, 0.29) is 12.5 Å². The van der Waals surface area contributed by atoms with Crippen molar-refractivity contribution in [3.63, 3.8) is 0 Å². The Kier molecular flexibility index (Phi) is 13.1. The molecule has 2 aliphatic rings. The van der Waals surface area contributed by atoms with Gasteiger partial charge in [-0.25, -0.2) is 0 Å². The van der Waals surface area contributed by atoms with Crippen LogP contribution in [-0.4, -0.2) is 62.1 Å². The van der Waals surface area contributed by atoms with Crippen LogP contribution >= 0.6 is 0 Å². The molecule has 0 spiro atoms. The summed E-state index contributed by atoms with van der Waals surface area (Å²) in [7, 11) is 2.06. The van der Waals surface area contributed by atoms with E-state index in [0.29, 0.717) is 0 Å². The van der Waals surface area contributed by atoms with Crippen molar-refractivity contribution in [1.82, 2.24) is 9.80 Å². The third-order valence-electron chi connectivity index (χ3n) is 6.24. The summed E-state index contributed by atoms with van der Waals surface area (Å²) < 4.78 is 5.83. The number of carbonyl (C=O) groups is 1. The quantitative estimate of drug-likeness (QED) is 0.618. The summed E-state index contributed by atoms with van der Waals surface area (Å²) in [6.45, 7) is 9.72. The van der Waals surface area contributed by atoms with E-state index in [4.69, 9.17) is 10.5 Å². The molecule has 1 saturated heterocycles. The fourth-order valence-corrected chi connectivity index (χ4v) is 4.21. The molecule has 34 heavy (non-hydrogen) atoms. The fourth-order valence-electron chi connectivity index (χ4n) is 4.21. The minimum atomic E-state index is 0.0677. The van der Waals surface area contributed by atoms with Crippen molar-refractivity contribution in [2.75, 3.05) is 46.4 Å². The van der Waals surface area contributed by atoms with Crippen molar-refractivity contribution >= 4 is 5.91 Å². The van der Waals surface area contributed by atoms with Gasteiger partial charge in [-0.1, -0.05) is 61.4 Å². The van der Waals surface area contributed by atoms with E-state index in [1.165, 1.54) is 36.8 Å². The van der Waals surface area contributed by atoms with Crippen molar-refractivity contribution in [3.8, 4) is 5.75 Å². The van der Waals surface area contributed by atoms with E-state index >= 15 is 0 Å². The van der Waals surface area contributed by atoms with Crippen molar-refractivity contribution in [2.24, 2.45) is 5.73 Å². The van der Waals surface area contributed by atoms with Gasteiger partial charge in [0.1, 0.15) is 5.75 Å². The number of hydrogen-bond acceptors (Lipinski definition) is 4. The molecular formula is C29H43N3O2. The molecule has 1 aliphatic heterocycles. The average Bonchev–Trinajstić information content (AvgIpc) is 3.41. The van der Waals surface area contributed by atoms with Gasteiger partial charge in [0.2, 0.25) is 5.91 Å². The Hall–Kier alpha value is -2.63. The maximum Gasteiger partial charge on any atom is 0.236 e. The number of allylic oxidation sites excluding steroid dienone is 1. The molecule has 2 aromatic carbocycles. The first-order valence-corrected chi connectivity index (χ1v) is 12.6. The summed E-state index contributed by atoms with van der Waals surface area (Å²) in [5.74, 6) is 1.84. The number of amides is 1. The Morgan fingerprint density at radius 2 is 1.62 bits per heavy atom. The zero-order valence-electron chi connectivity index (χ0n) is 21.1. The number of nitrogens with two attached hydrogens (primary N) is 1. The maximum absolute atomic E-state index is 11.1. The number of rotatable bonds is 6. The van der Waals surface area contributed by atoms with Crippen LogP contribution in [-0.2, 0) is 11.2 Å². The third-order valence-corrected chi connectivity index (χ3v) is 6.24. The highest BCUT2D eigenvalue weighted by Crippen LogP contribution is 2.34. The number of hydrogen-bond donors (Lipinski definition) is 1. The fraction of sp³-hybridized carbons (Fsp3) is 0.483. The van der Waals surface area contributed by atoms with Gasteiger partial charge in [0.05, 0.1) is 13.2 Å². The summed E-state index contributed by atoms with van der Waals surface area (Å²) in [6, 6.07) is 19.2. The number of piperazine rings is 1. The van der Waals surface area contributed by atoms with E-state index in [2.05, 4.69) is 67.1 Å². The molecule has 1 saturated carbocycles. The maximum atomic E-state index is 11.1. The molecule has 2 N–H and O–H groups in total. The first kappa shape index (κ1) is 27.6. The summed E-state index contributed by atoms with van der Waals surface area (Å²) in [5, 5.41) is 0. The lowest BCUT2D eigenvalue weighted by atomic mass is 9.98. The van der Waals surface area contributed by atoms with Crippen LogP contribution in [0, 0.1) is 0 Å². The van der Waals surface area contributed by atoms with Crippen LogP contribution in [0.5, 0.6) is 5.75 Å². The molecule has 5 heteroatoms. The van der Waals surface area contributed by atoms with E-state index in [9.17, 15) is 4.79 Å². The zero-order chi connectivity index (χ0) is 24.6. The lowest BCUT2D eigenvalue weighted by molar-refractivity contribution is -0.131. The lowest BCUT2D eigenvalue weighted by Crippen LogP contribution is -2.48. The predicted molar refractivity (Wildman–Crippen MR) is 142 cm³/mol. The Morgan fingerprint density at radius 1 is 1.03 bits per heavy atom. The largest absolute Gasteiger partial charge is 0.493 e. The number of carbonyl (C=O) groups excluding carboxylic acids is 1. The van der Waals surface area contributed by atoms with Gasteiger partial charge in [0.15, 0.2) is 0 Å². The molecule has 5 nitrogen and oxygen atoms in total. The molecule has 4 rings (SSSR count). The lowest BCUT2D eigenvalue weighted by Gasteiger charge is -2.32. The van der Waals surface area contributed by atoms with Gasteiger partial charge in [-0.2, -0.15) is 0 Å². The standard InChI is InChI=1S/C19H22O.C7H15N3O.C3H6/c1-2-6-16(7-3-1)14-15-20-19-12-10-18(11-13-19)17-8-4-5-9-17;1-9-2-4-10(5-3-9)7(11)6-8;1-3-2/h1-3,6-7,10-13,17H,4-5,8-9,14-15H2;2-6,8H2,1H3;3H,1H2,2H3. The Labute approximate surface area is 206 Å². The third kappa shape index (κ3) is 10.1. The Balaban J connectivity index is 0.000000247. The van der Waals surface area contributed by atoms with Crippen LogP contribution in [0.1, 0.15) is 49.7 Å². The highest BCUT2D eigenvalue weighted by atomic mass is 16.5.